The van der Waals surface area contributed by atoms with E-state index in [1.807, 2.05) is 0 Å². The highest BCUT2D eigenvalue weighted by atomic mass is 19.4. The van der Waals surface area contributed by atoms with E-state index >= 15 is 0 Å². The molecule has 0 aliphatic carbocycles. The van der Waals surface area contributed by atoms with Gasteiger partial charge in [0.25, 0.3) is 5.91 Å². The maximum Gasteiger partial charge on any atom is 0.417 e. The predicted molar refractivity (Wildman–Crippen MR) is 88.7 cm³/mol. The average Bonchev–Trinajstić information content (AvgIpc) is 3.02. The molecule has 0 radical (unpaired) electrons. The fourth-order valence-corrected chi connectivity index (χ4v) is 2.46. The van der Waals surface area contributed by atoms with E-state index in [1.165, 1.54) is 23.0 Å². The number of carbonyl (C=O) groups is 1. The van der Waals surface area contributed by atoms with Gasteiger partial charge in [-0.2, -0.15) is 18.3 Å². The van der Waals surface area contributed by atoms with Gasteiger partial charge in [-0.25, -0.2) is 14.1 Å². The minimum Gasteiger partial charge on any atom is -0.348 e. The molecule has 140 valence electrons. The summed E-state index contributed by atoms with van der Waals surface area (Å²) in [6.07, 6.45) is -2.50. The van der Waals surface area contributed by atoms with Gasteiger partial charge in [0, 0.05) is 18.3 Å². The number of pyridine rings is 1. The minimum atomic E-state index is -4.48. The number of benzene rings is 1. The lowest BCUT2D eigenvalue weighted by atomic mass is 10.2. The van der Waals surface area contributed by atoms with Crippen molar-refractivity contribution in [2.75, 3.05) is 0 Å². The first-order chi connectivity index (χ1) is 12.8. The fourth-order valence-electron chi connectivity index (χ4n) is 2.46. The molecule has 5 nitrogen and oxygen atoms in total. The molecule has 3 rings (SSSR count). The number of rotatable bonds is 4. The quantitative estimate of drug-likeness (QED) is 0.705. The van der Waals surface area contributed by atoms with E-state index in [2.05, 4.69) is 15.4 Å². The maximum absolute atomic E-state index is 13.6. The Morgan fingerprint density at radius 2 is 1.89 bits per heavy atom. The molecule has 1 N–H and O–H groups in total. The molecule has 9 heteroatoms. The van der Waals surface area contributed by atoms with Crippen molar-refractivity contribution in [3.63, 3.8) is 0 Å². The third-order valence-electron chi connectivity index (χ3n) is 3.94. The van der Waals surface area contributed by atoms with Crippen molar-refractivity contribution in [1.29, 1.82) is 0 Å². The van der Waals surface area contributed by atoms with Crippen LogP contribution < -0.4 is 5.32 Å². The molecular weight excluding hydrogens is 364 g/mol. The van der Waals surface area contributed by atoms with Gasteiger partial charge >= 0.3 is 6.18 Å². The second kappa shape index (κ2) is 7.18. The Hall–Kier alpha value is -3.23. The summed E-state index contributed by atoms with van der Waals surface area (Å²) >= 11 is 0. The molecule has 0 spiro atoms. The first-order valence-electron chi connectivity index (χ1n) is 7.87. The number of aromatic nitrogens is 3. The molecule has 3 aromatic rings. The molecule has 0 unspecified atom stereocenters. The predicted octanol–water partition coefficient (Wildman–Crippen LogP) is 3.66. The van der Waals surface area contributed by atoms with Crippen molar-refractivity contribution >= 4 is 5.91 Å². The molecule has 2 heterocycles. The van der Waals surface area contributed by atoms with E-state index < -0.39 is 23.5 Å². The van der Waals surface area contributed by atoms with Crippen LogP contribution in [0.25, 0.3) is 5.82 Å². The van der Waals surface area contributed by atoms with Gasteiger partial charge in [-0.05, 0) is 25.1 Å². The molecule has 1 aromatic carbocycles. The Balaban J connectivity index is 1.76. The number of halogens is 4. The molecular formula is C18H14F4N4O. The lowest BCUT2D eigenvalue weighted by Crippen LogP contribution is -2.23. The summed E-state index contributed by atoms with van der Waals surface area (Å²) in [6, 6.07) is 8.11. The first-order valence-corrected chi connectivity index (χ1v) is 7.87. The monoisotopic (exact) mass is 378 g/mol. The summed E-state index contributed by atoms with van der Waals surface area (Å²) in [6.45, 7) is 1.58. The normalized spacial score (nSPS) is 11.4. The van der Waals surface area contributed by atoms with E-state index in [1.54, 1.807) is 25.1 Å². The topological polar surface area (TPSA) is 59.8 Å². The smallest absolute Gasteiger partial charge is 0.348 e. The summed E-state index contributed by atoms with van der Waals surface area (Å²) in [7, 11) is 0. The molecule has 0 saturated heterocycles. The number of alkyl halides is 3. The van der Waals surface area contributed by atoms with Crippen LogP contribution in [0, 0.1) is 12.7 Å². The van der Waals surface area contributed by atoms with E-state index in [-0.39, 0.29) is 17.9 Å². The zero-order valence-electron chi connectivity index (χ0n) is 14.1. The van der Waals surface area contributed by atoms with Crippen LogP contribution in [0.4, 0.5) is 17.6 Å². The van der Waals surface area contributed by atoms with Gasteiger partial charge in [0.2, 0.25) is 0 Å². The van der Waals surface area contributed by atoms with Crippen LogP contribution in [0.2, 0.25) is 0 Å². The Bertz CT molecular complexity index is 964. The highest BCUT2D eigenvalue weighted by molar-refractivity contribution is 5.95. The molecule has 0 fully saturated rings. The summed E-state index contributed by atoms with van der Waals surface area (Å²) in [5, 5.41) is 6.60. The number of hydrogen-bond acceptors (Lipinski definition) is 3. The molecule has 0 aliphatic rings. The van der Waals surface area contributed by atoms with Gasteiger partial charge in [-0.3, -0.25) is 4.79 Å². The third-order valence-corrected chi connectivity index (χ3v) is 3.94. The van der Waals surface area contributed by atoms with E-state index in [0.29, 0.717) is 17.5 Å². The van der Waals surface area contributed by atoms with Crippen molar-refractivity contribution in [2.45, 2.75) is 19.6 Å². The summed E-state index contributed by atoms with van der Waals surface area (Å²) < 4.78 is 52.7. The maximum atomic E-state index is 13.6. The van der Waals surface area contributed by atoms with Gasteiger partial charge in [0.1, 0.15) is 5.82 Å². The van der Waals surface area contributed by atoms with Gasteiger partial charge < -0.3 is 5.32 Å². The van der Waals surface area contributed by atoms with Crippen LogP contribution >= 0.6 is 0 Å². The standard InChI is InChI=1S/C18H14F4N4O/c1-11-14(17(27)24-8-12-4-2-3-5-15(12)19)10-25-26(11)16-7-6-13(9-23-16)18(20,21)22/h2-7,9-10H,8H2,1H3,(H,24,27). The molecule has 1 amide bonds. The lowest BCUT2D eigenvalue weighted by molar-refractivity contribution is -0.137. The van der Waals surface area contributed by atoms with Crippen LogP contribution in [-0.2, 0) is 12.7 Å². The van der Waals surface area contributed by atoms with Crippen LogP contribution in [-0.4, -0.2) is 20.7 Å². The molecule has 0 aliphatic heterocycles. The highest BCUT2D eigenvalue weighted by Gasteiger charge is 2.30. The Morgan fingerprint density at radius 1 is 1.15 bits per heavy atom. The Kier molecular flexibility index (Phi) is 4.93. The largest absolute Gasteiger partial charge is 0.417 e. The summed E-state index contributed by atoms with van der Waals surface area (Å²) in [4.78, 5) is 16.1. The average molecular weight is 378 g/mol. The highest BCUT2D eigenvalue weighted by Crippen LogP contribution is 2.28. The zero-order chi connectivity index (χ0) is 19.6. The molecule has 0 bridgehead atoms. The zero-order valence-corrected chi connectivity index (χ0v) is 14.1. The summed E-state index contributed by atoms with van der Waals surface area (Å²) in [5.74, 6) is -0.762. The molecule has 27 heavy (non-hydrogen) atoms. The van der Waals surface area contributed by atoms with Crippen molar-refractivity contribution in [2.24, 2.45) is 0 Å². The van der Waals surface area contributed by atoms with Crippen LogP contribution in [0.1, 0.15) is 27.2 Å². The fraction of sp³-hybridized carbons (Fsp3) is 0.167. The van der Waals surface area contributed by atoms with Crippen LogP contribution in [0.5, 0.6) is 0 Å². The van der Waals surface area contributed by atoms with E-state index in [9.17, 15) is 22.4 Å². The first kappa shape index (κ1) is 18.6. The van der Waals surface area contributed by atoms with E-state index in [4.69, 9.17) is 0 Å². The Morgan fingerprint density at radius 3 is 2.52 bits per heavy atom. The van der Waals surface area contributed by atoms with Crippen molar-refractivity contribution in [1.82, 2.24) is 20.1 Å². The molecule has 0 atom stereocenters. The second-order valence-electron chi connectivity index (χ2n) is 5.73. The summed E-state index contributed by atoms with van der Waals surface area (Å²) in [5.41, 5.74) is 0.0699. The van der Waals surface area contributed by atoms with Gasteiger partial charge in [0.15, 0.2) is 5.82 Å². The lowest BCUT2D eigenvalue weighted by Gasteiger charge is -2.09. The Labute approximate surface area is 151 Å². The minimum absolute atomic E-state index is 0.00530. The second-order valence-corrected chi connectivity index (χ2v) is 5.73. The van der Waals surface area contributed by atoms with Crippen molar-refractivity contribution < 1.29 is 22.4 Å². The molecule has 0 saturated carbocycles. The number of amides is 1. The number of hydrogen-bond donors (Lipinski definition) is 1. The molecule has 2 aromatic heterocycles. The van der Waals surface area contributed by atoms with E-state index in [0.717, 1.165) is 6.07 Å². The van der Waals surface area contributed by atoms with Crippen LogP contribution in [0.15, 0.2) is 48.8 Å². The SMILES string of the molecule is Cc1c(C(=O)NCc2ccccc2F)cnn1-c1ccc(C(F)(F)F)cn1. The number of carbonyl (C=O) groups excluding carboxylic acids is 1. The van der Waals surface area contributed by atoms with Crippen molar-refractivity contribution in [3.8, 4) is 5.82 Å². The van der Waals surface area contributed by atoms with Crippen molar-refractivity contribution in [3.05, 3.63) is 77.0 Å². The van der Waals surface area contributed by atoms with Gasteiger partial charge in [-0.1, -0.05) is 18.2 Å². The van der Waals surface area contributed by atoms with Gasteiger partial charge in [0.05, 0.1) is 23.0 Å². The van der Waals surface area contributed by atoms with Crippen LogP contribution in [0.3, 0.4) is 0 Å². The third kappa shape index (κ3) is 3.97. The van der Waals surface area contributed by atoms with Gasteiger partial charge in [-0.15, -0.1) is 0 Å². The number of nitrogens with one attached hydrogen (secondary N) is 1. The number of nitrogens with zero attached hydrogens (tertiary/aromatic N) is 3.